The number of methoxy groups -OCH3 is 1. The minimum atomic E-state index is -0.739. The van der Waals surface area contributed by atoms with Crippen molar-refractivity contribution in [3.05, 3.63) is 29.6 Å². The SMILES string of the molecule is COC(CN)c1ncc(F)cc1F.Cl. The maximum Gasteiger partial charge on any atom is 0.150 e. The van der Waals surface area contributed by atoms with Crippen LogP contribution in [0.2, 0.25) is 0 Å². The summed E-state index contributed by atoms with van der Waals surface area (Å²) in [6, 6.07) is 0.754. The first-order valence-corrected chi connectivity index (χ1v) is 3.72. The van der Waals surface area contributed by atoms with Gasteiger partial charge in [-0.3, -0.25) is 4.98 Å². The van der Waals surface area contributed by atoms with Gasteiger partial charge in [-0.25, -0.2) is 8.78 Å². The Morgan fingerprint density at radius 2 is 2.21 bits per heavy atom. The smallest absolute Gasteiger partial charge is 0.150 e. The van der Waals surface area contributed by atoms with Gasteiger partial charge in [0.15, 0.2) is 0 Å². The lowest BCUT2D eigenvalue weighted by molar-refractivity contribution is 0.103. The van der Waals surface area contributed by atoms with Crippen molar-refractivity contribution in [1.82, 2.24) is 4.98 Å². The number of hydrogen-bond donors (Lipinski definition) is 1. The molecule has 6 heteroatoms. The van der Waals surface area contributed by atoms with Crippen LogP contribution in [0.4, 0.5) is 8.78 Å². The molecule has 0 radical (unpaired) electrons. The molecule has 14 heavy (non-hydrogen) atoms. The summed E-state index contributed by atoms with van der Waals surface area (Å²) < 4.78 is 30.3. The molecule has 0 aromatic carbocycles. The Labute approximate surface area is 86.7 Å². The second-order valence-corrected chi connectivity index (χ2v) is 2.48. The van der Waals surface area contributed by atoms with Gasteiger partial charge < -0.3 is 10.5 Å². The highest BCUT2D eigenvalue weighted by Crippen LogP contribution is 2.16. The largest absolute Gasteiger partial charge is 0.374 e. The van der Waals surface area contributed by atoms with Crippen LogP contribution in [0.3, 0.4) is 0 Å². The van der Waals surface area contributed by atoms with Gasteiger partial charge in [0, 0.05) is 19.7 Å². The van der Waals surface area contributed by atoms with Crippen LogP contribution in [0.25, 0.3) is 0 Å². The number of aromatic nitrogens is 1. The van der Waals surface area contributed by atoms with Crippen molar-refractivity contribution in [3.63, 3.8) is 0 Å². The molecule has 0 amide bonds. The van der Waals surface area contributed by atoms with Gasteiger partial charge in [-0.05, 0) is 0 Å². The second-order valence-electron chi connectivity index (χ2n) is 2.48. The lowest BCUT2D eigenvalue weighted by atomic mass is 10.2. The highest BCUT2D eigenvalue weighted by molar-refractivity contribution is 5.85. The first-order chi connectivity index (χ1) is 6.19. The summed E-state index contributed by atoms with van der Waals surface area (Å²) in [6.45, 7) is 0.103. The Bertz CT molecular complexity index is 295. The number of ether oxygens (including phenoxy) is 1. The van der Waals surface area contributed by atoms with E-state index in [1.807, 2.05) is 0 Å². The minimum absolute atomic E-state index is 0. The van der Waals surface area contributed by atoms with Crippen LogP contribution < -0.4 is 5.73 Å². The summed E-state index contributed by atoms with van der Waals surface area (Å²) in [7, 11) is 1.39. The molecule has 0 saturated heterocycles. The topological polar surface area (TPSA) is 48.1 Å². The van der Waals surface area contributed by atoms with Gasteiger partial charge in [-0.2, -0.15) is 0 Å². The fraction of sp³-hybridized carbons (Fsp3) is 0.375. The second kappa shape index (κ2) is 5.85. The van der Waals surface area contributed by atoms with E-state index in [1.165, 1.54) is 7.11 Å². The molecule has 80 valence electrons. The van der Waals surface area contributed by atoms with Crippen LogP contribution >= 0.6 is 12.4 Å². The van der Waals surface area contributed by atoms with Crippen molar-refractivity contribution in [2.24, 2.45) is 5.73 Å². The van der Waals surface area contributed by atoms with Crippen molar-refractivity contribution >= 4 is 12.4 Å². The molecule has 1 aromatic heterocycles. The first kappa shape index (κ1) is 13.2. The summed E-state index contributed by atoms with van der Waals surface area (Å²) in [4.78, 5) is 3.56. The number of nitrogens with two attached hydrogens (primary N) is 1. The van der Waals surface area contributed by atoms with Crippen LogP contribution in [-0.4, -0.2) is 18.6 Å². The third kappa shape index (κ3) is 2.87. The Balaban J connectivity index is 0.00000169. The standard InChI is InChI=1S/C8H10F2N2O.ClH/c1-13-7(3-11)8-6(10)2-5(9)4-12-8;/h2,4,7H,3,11H2,1H3;1H. The van der Waals surface area contributed by atoms with Crippen molar-refractivity contribution in [2.45, 2.75) is 6.10 Å². The fourth-order valence-corrected chi connectivity index (χ4v) is 0.982. The molecule has 1 atom stereocenters. The van der Waals surface area contributed by atoms with Crippen LogP contribution in [-0.2, 0) is 4.74 Å². The van der Waals surface area contributed by atoms with E-state index in [1.54, 1.807) is 0 Å². The van der Waals surface area contributed by atoms with Gasteiger partial charge in [0.2, 0.25) is 0 Å². The van der Waals surface area contributed by atoms with E-state index in [0.717, 1.165) is 12.3 Å². The number of pyridine rings is 1. The van der Waals surface area contributed by atoms with Crippen molar-refractivity contribution in [2.75, 3.05) is 13.7 Å². The molecule has 0 aliphatic heterocycles. The molecule has 0 bridgehead atoms. The fourth-order valence-electron chi connectivity index (χ4n) is 0.982. The van der Waals surface area contributed by atoms with Gasteiger partial charge in [-0.15, -0.1) is 12.4 Å². The molecule has 1 unspecified atom stereocenters. The van der Waals surface area contributed by atoms with E-state index in [2.05, 4.69) is 4.98 Å². The van der Waals surface area contributed by atoms with E-state index >= 15 is 0 Å². The normalized spacial score (nSPS) is 12.0. The predicted octanol–water partition coefficient (Wildman–Crippen LogP) is 1.43. The van der Waals surface area contributed by atoms with E-state index in [0.29, 0.717) is 0 Å². The van der Waals surface area contributed by atoms with Gasteiger partial charge in [0.05, 0.1) is 6.20 Å². The number of nitrogens with zero attached hydrogens (tertiary/aromatic N) is 1. The summed E-state index contributed by atoms with van der Waals surface area (Å²) in [6.07, 6.45) is 0.306. The molecule has 0 saturated carbocycles. The van der Waals surface area contributed by atoms with E-state index in [-0.39, 0.29) is 24.6 Å². The Kier molecular flexibility index (Phi) is 5.52. The number of hydrogen-bond acceptors (Lipinski definition) is 3. The lowest BCUT2D eigenvalue weighted by Crippen LogP contribution is -2.17. The van der Waals surface area contributed by atoms with E-state index < -0.39 is 17.7 Å². The lowest BCUT2D eigenvalue weighted by Gasteiger charge is -2.12. The quantitative estimate of drug-likeness (QED) is 0.845. The average molecular weight is 225 g/mol. The monoisotopic (exact) mass is 224 g/mol. The molecule has 0 aliphatic rings. The van der Waals surface area contributed by atoms with Crippen molar-refractivity contribution < 1.29 is 13.5 Å². The Morgan fingerprint density at radius 1 is 1.57 bits per heavy atom. The molecule has 0 aliphatic carbocycles. The van der Waals surface area contributed by atoms with Gasteiger partial charge >= 0.3 is 0 Å². The van der Waals surface area contributed by atoms with Crippen LogP contribution in [0, 0.1) is 11.6 Å². The molecule has 1 heterocycles. The molecule has 0 fully saturated rings. The maximum atomic E-state index is 13.0. The maximum absolute atomic E-state index is 13.0. The number of rotatable bonds is 3. The molecular weight excluding hydrogens is 214 g/mol. The number of halogens is 3. The predicted molar refractivity (Wildman–Crippen MR) is 50.2 cm³/mol. The van der Waals surface area contributed by atoms with Crippen LogP contribution in [0.15, 0.2) is 12.3 Å². The summed E-state index contributed by atoms with van der Waals surface area (Å²) >= 11 is 0. The third-order valence-electron chi connectivity index (χ3n) is 1.64. The zero-order valence-electron chi connectivity index (χ0n) is 7.54. The first-order valence-electron chi connectivity index (χ1n) is 3.72. The zero-order chi connectivity index (χ0) is 9.84. The molecular formula is C8H11ClF2N2O. The van der Waals surface area contributed by atoms with Crippen LogP contribution in [0.1, 0.15) is 11.8 Å². The minimum Gasteiger partial charge on any atom is -0.374 e. The van der Waals surface area contributed by atoms with Gasteiger partial charge in [0.25, 0.3) is 0 Å². The molecule has 1 rings (SSSR count). The van der Waals surface area contributed by atoms with Crippen molar-refractivity contribution in [1.29, 1.82) is 0 Å². The zero-order valence-corrected chi connectivity index (χ0v) is 8.35. The van der Waals surface area contributed by atoms with E-state index in [9.17, 15) is 8.78 Å². The molecule has 1 aromatic rings. The highest BCUT2D eigenvalue weighted by Gasteiger charge is 2.15. The van der Waals surface area contributed by atoms with Crippen molar-refractivity contribution in [3.8, 4) is 0 Å². The van der Waals surface area contributed by atoms with Gasteiger partial charge in [0.1, 0.15) is 23.4 Å². The highest BCUT2D eigenvalue weighted by atomic mass is 35.5. The molecule has 2 N–H and O–H groups in total. The Morgan fingerprint density at radius 3 is 2.64 bits per heavy atom. The van der Waals surface area contributed by atoms with Crippen LogP contribution in [0.5, 0.6) is 0 Å². The Hall–Kier alpha value is -0.780. The van der Waals surface area contributed by atoms with Gasteiger partial charge in [-0.1, -0.05) is 0 Å². The molecule has 3 nitrogen and oxygen atoms in total. The third-order valence-corrected chi connectivity index (χ3v) is 1.64. The molecule has 0 spiro atoms. The summed E-state index contributed by atoms with van der Waals surface area (Å²) in [5, 5.41) is 0. The van der Waals surface area contributed by atoms with E-state index in [4.69, 9.17) is 10.5 Å². The summed E-state index contributed by atoms with van der Waals surface area (Å²) in [5.74, 6) is -1.45. The average Bonchev–Trinajstić information content (AvgIpc) is 2.10. The summed E-state index contributed by atoms with van der Waals surface area (Å²) in [5.41, 5.74) is 5.33.